The highest BCUT2D eigenvalue weighted by Gasteiger charge is 2.36. The van der Waals surface area contributed by atoms with Gasteiger partial charge in [-0.25, -0.2) is 0 Å². The first-order chi connectivity index (χ1) is 17.3. The van der Waals surface area contributed by atoms with Crippen LogP contribution in [0.2, 0.25) is 0 Å². The Bertz CT molecular complexity index is 466. The zero-order chi connectivity index (χ0) is 26.2. The molecule has 2 aliphatic carbocycles. The van der Waals surface area contributed by atoms with E-state index in [1.54, 1.807) is 0 Å². The summed E-state index contributed by atoms with van der Waals surface area (Å²) in [6.07, 6.45) is 13.0. The van der Waals surface area contributed by atoms with Crippen LogP contribution in [-0.4, -0.2) is 162 Å². The standard InChI is InChI=1S/C7H13N.C6H14N2.C6H13N.C5H11NO.C5H11N/c1-8(6-2-3-6)7-4-5-7;1-7-3-5-8(2)6-4-7;1-7-5-3-2-4-6-7;1-6-2-4-7-5-3-6;1-6-4-2-3-5-6/h6-7H,2-5H2,1H3;3-6H2,1-2H3;2-6H2,1H3;2-5H2,1H3;2-5H2,1H3. The normalized spacial score (nSPS) is 26.4. The van der Waals surface area contributed by atoms with Crippen LogP contribution in [0.1, 0.15) is 57.8 Å². The minimum Gasteiger partial charge on any atom is -0.379 e. The largest absolute Gasteiger partial charge is 0.379 e. The van der Waals surface area contributed by atoms with E-state index in [9.17, 15) is 0 Å². The van der Waals surface area contributed by atoms with Crippen LogP contribution in [0.15, 0.2) is 0 Å². The average Bonchev–Trinajstić information content (AvgIpc) is 3.82. The van der Waals surface area contributed by atoms with Gasteiger partial charge < -0.3 is 34.1 Å². The van der Waals surface area contributed by atoms with Crippen molar-refractivity contribution in [1.29, 1.82) is 0 Å². The van der Waals surface area contributed by atoms with Gasteiger partial charge in [-0.2, -0.15) is 0 Å². The second kappa shape index (κ2) is 18.9. The molecule has 4 heterocycles. The molecule has 0 atom stereocenters. The Kier molecular flexibility index (Phi) is 16.8. The summed E-state index contributed by atoms with van der Waals surface area (Å²) in [4.78, 5) is 14.3. The zero-order valence-corrected chi connectivity index (χ0v) is 25.1. The van der Waals surface area contributed by atoms with Gasteiger partial charge in [0.25, 0.3) is 0 Å². The molecule has 214 valence electrons. The number of likely N-dealkylation sites (tertiary alicyclic amines) is 2. The van der Waals surface area contributed by atoms with E-state index < -0.39 is 0 Å². The van der Waals surface area contributed by atoms with Gasteiger partial charge in [0.15, 0.2) is 0 Å². The lowest BCUT2D eigenvalue weighted by molar-refractivity contribution is 0.0503. The topological polar surface area (TPSA) is 28.7 Å². The van der Waals surface area contributed by atoms with E-state index in [0.29, 0.717) is 0 Å². The summed E-state index contributed by atoms with van der Waals surface area (Å²) in [5, 5.41) is 0. The van der Waals surface area contributed by atoms with Gasteiger partial charge in [-0.3, -0.25) is 0 Å². The molecule has 0 unspecified atom stereocenters. The van der Waals surface area contributed by atoms with Crippen LogP contribution in [0.5, 0.6) is 0 Å². The van der Waals surface area contributed by atoms with Crippen LogP contribution in [-0.2, 0) is 4.74 Å². The Balaban J connectivity index is 0.000000159. The number of hydrogen-bond donors (Lipinski definition) is 0. The van der Waals surface area contributed by atoms with E-state index in [1.165, 1.54) is 110 Å². The van der Waals surface area contributed by atoms with Gasteiger partial charge in [-0.05, 0) is 120 Å². The maximum atomic E-state index is 5.10. The first kappa shape index (κ1) is 31.9. The van der Waals surface area contributed by atoms with Gasteiger partial charge >= 0.3 is 0 Å². The lowest BCUT2D eigenvalue weighted by Crippen LogP contribution is -2.42. The van der Waals surface area contributed by atoms with Crippen LogP contribution < -0.4 is 0 Å². The lowest BCUT2D eigenvalue weighted by atomic mass is 10.1. The molecule has 0 amide bonds. The van der Waals surface area contributed by atoms with Crippen LogP contribution in [0.4, 0.5) is 0 Å². The molecule has 2 saturated carbocycles. The van der Waals surface area contributed by atoms with Gasteiger partial charge in [-0.1, -0.05) is 6.42 Å². The SMILES string of the molecule is CN(C1CC1)C1CC1.CN1CCCC1.CN1CCCCC1.CN1CCN(C)CC1.CN1CCOCC1. The highest BCUT2D eigenvalue weighted by molar-refractivity contribution is 4.92. The first-order valence-corrected chi connectivity index (χ1v) is 15.1. The molecule has 0 aromatic rings. The third-order valence-corrected chi connectivity index (χ3v) is 8.12. The number of piperazine rings is 1. The lowest BCUT2D eigenvalue weighted by Gasteiger charge is -2.28. The number of morpholine rings is 1. The maximum absolute atomic E-state index is 5.10. The van der Waals surface area contributed by atoms with E-state index in [-0.39, 0.29) is 0 Å². The molecule has 4 aliphatic heterocycles. The smallest absolute Gasteiger partial charge is 0.0594 e. The summed E-state index contributed by atoms with van der Waals surface area (Å²) in [6, 6.07) is 1.98. The van der Waals surface area contributed by atoms with Crippen molar-refractivity contribution >= 4 is 0 Å². The quantitative estimate of drug-likeness (QED) is 0.564. The minimum atomic E-state index is 0.913. The van der Waals surface area contributed by atoms with Crippen molar-refractivity contribution in [3.05, 3.63) is 0 Å². The molecule has 4 saturated heterocycles. The number of nitrogens with zero attached hydrogens (tertiary/aromatic N) is 6. The Morgan fingerprint density at radius 3 is 0.972 bits per heavy atom. The van der Waals surface area contributed by atoms with Crippen LogP contribution in [0.25, 0.3) is 0 Å². The van der Waals surface area contributed by atoms with E-state index in [1.807, 2.05) is 0 Å². The Morgan fingerprint density at radius 2 is 0.750 bits per heavy atom. The molecule has 7 nitrogen and oxygen atoms in total. The zero-order valence-electron chi connectivity index (χ0n) is 25.1. The molecule has 6 rings (SSSR count). The molecule has 7 heteroatoms. The molecule has 0 spiro atoms. The summed E-state index contributed by atoms with van der Waals surface area (Å²) >= 11 is 0. The monoisotopic (exact) mass is 510 g/mol. The summed E-state index contributed by atoms with van der Waals surface area (Å²) in [5.41, 5.74) is 0. The van der Waals surface area contributed by atoms with E-state index in [4.69, 9.17) is 4.74 Å². The molecule has 0 bridgehead atoms. The summed E-state index contributed by atoms with van der Waals surface area (Å²) in [6.45, 7) is 14.2. The van der Waals surface area contributed by atoms with Crippen molar-refractivity contribution in [3.8, 4) is 0 Å². The second-order valence-corrected chi connectivity index (χ2v) is 12.0. The number of likely N-dealkylation sites (N-methyl/N-ethyl adjacent to an activating group) is 3. The fraction of sp³-hybridized carbons (Fsp3) is 1.00. The summed E-state index contributed by atoms with van der Waals surface area (Å²) in [5.74, 6) is 0. The van der Waals surface area contributed by atoms with Crippen molar-refractivity contribution in [2.24, 2.45) is 0 Å². The molecule has 0 radical (unpaired) electrons. The molecule has 6 fully saturated rings. The third-order valence-electron chi connectivity index (χ3n) is 8.12. The molecule has 0 N–H and O–H groups in total. The number of ether oxygens (including phenoxy) is 1. The third kappa shape index (κ3) is 16.5. The second-order valence-electron chi connectivity index (χ2n) is 12.0. The summed E-state index contributed by atoms with van der Waals surface area (Å²) < 4.78 is 5.10. The summed E-state index contributed by atoms with van der Waals surface area (Å²) in [7, 11) is 13.1. The molecular formula is C29H62N6O. The van der Waals surface area contributed by atoms with Gasteiger partial charge in [0.2, 0.25) is 0 Å². The van der Waals surface area contributed by atoms with Crippen molar-refractivity contribution in [1.82, 2.24) is 29.4 Å². The fourth-order valence-electron chi connectivity index (χ4n) is 4.75. The Hall–Kier alpha value is -0.280. The van der Waals surface area contributed by atoms with Crippen LogP contribution in [0.3, 0.4) is 0 Å². The van der Waals surface area contributed by atoms with Gasteiger partial charge in [0.1, 0.15) is 0 Å². The average molecular weight is 511 g/mol. The maximum Gasteiger partial charge on any atom is 0.0594 e. The van der Waals surface area contributed by atoms with Crippen molar-refractivity contribution in [2.45, 2.75) is 69.9 Å². The predicted octanol–water partition coefficient (Wildman–Crippen LogP) is 2.87. The van der Waals surface area contributed by atoms with Crippen LogP contribution in [0, 0.1) is 0 Å². The van der Waals surface area contributed by atoms with Crippen molar-refractivity contribution in [2.75, 3.05) is 121 Å². The van der Waals surface area contributed by atoms with Gasteiger partial charge in [0, 0.05) is 51.4 Å². The Morgan fingerprint density at radius 1 is 0.444 bits per heavy atom. The predicted molar refractivity (Wildman–Crippen MR) is 155 cm³/mol. The fourth-order valence-corrected chi connectivity index (χ4v) is 4.75. The van der Waals surface area contributed by atoms with Gasteiger partial charge in [0.05, 0.1) is 13.2 Å². The molecular weight excluding hydrogens is 448 g/mol. The van der Waals surface area contributed by atoms with Crippen molar-refractivity contribution in [3.63, 3.8) is 0 Å². The number of rotatable bonds is 2. The molecule has 0 aromatic carbocycles. The van der Waals surface area contributed by atoms with E-state index in [0.717, 1.165) is 38.4 Å². The molecule has 0 aromatic heterocycles. The van der Waals surface area contributed by atoms with E-state index >= 15 is 0 Å². The highest BCUT2D eigenvalue weighted by atomic mass is 16.5. The minimum absolute atomic E-state index is 0.913. The van der Waals surface area contributed by atoms with Crippen LogP contribution >= 0.6 is 0 Å². The molecule has 36 heavy (non-hydrogen) atoms. The number of piperidine rings is 1. The van der Waals surface area contributed by atoms with Crippen molar-refractivity contribution < 1.29 is 4.74 Å². The number of hydrogen-bond acceptors (Lipinski definition) is 7. The Labute approximate surface area is 225 Å². The van der Waals surface area contributed by atoms with Gasteiger partial charge in [-0.15, -0.1) is 0 Å². The highest BCUT2D eigenvalue weighted by Crippen LogP contribution is 2.35. The van der Waals surface area contributed by atoms with E-state index in [2.05, 4.69) is 71.7 Å². The molecule has 6 aliphatic rings. The first-order valence-electron chi connectivity index (χ1n) is 15.1.